The van der Waals surface area contributed by atoms with Gasteiger partial charge in [-0.3, -0.25) is 9.36 Å². The standard InChI is InChI=1S/C19H15BrF2N4O/c1-10(17-25-14-4-2-3-5-16(14)26(17)19(21)22)23-18(27)15-9-11-8-12(20)6-7-13(11)24-15/h2-10,19,24H,1H3,(H,23,27)/t10-/m0/s1. The zero-order chi connectivity index (χ0) is 19.1. The summed E-state index contributed by atoms with van der Waals surface area (Å²) in [6.45, 7) is -1.12. The number of imidazole rings is 1. The van der Waals surface area contributed by atoms with E-state index in [4.69, 9.17) is 0 Å². The first-order valence-electron chi connectivity index (χ1n) is 8.28. The van der Waals surface area contributed by atoms with Gasteiger partial charge in [0.2, 0.25) is 0 Å². The summed E-state index contributed by atoms with van der Waals surface area (Å²) in [5.41, 5.74) is 1.97. The van der Waals surface area contributed by atoms with Crippen molar-refractivity contribution in [1.82, 2.24) is 19.9 Å². The Labute approximate surface area is 161 Å². The fraction of sp³-hybridized carbons (Fsp3) is 0.158. The van der Waals surface area contributed by atoms with E-state index in [0.29, 0.717) is 16.7 Å². The fourth-order valence-corrected chi connectivity index (χ4v) is 3.52. The molecule has 2 aromatic carbocycles. The average molecular weight is 433 g/mol. The molecule has 0 aliphatic rings. The maximum Gasteiger partial charge on any atom is 0.320 e. The number of carbonyl (C=O) groups excluding carboxylic acids is 1. The predicted molar refractivity (Wildman–Crippen MR) is 103 cm³/mol. The number of nitrogens with zero attached hydrogens (tertiary/aromatic N) is 2. The predicted octanol–water partition coefficient (Wildman–Crippen LogP) is 5.17. The normalized spacial score (nSPS) is 12.8. The summed E-state index contributed by atoms with van der Waals surface area (Å²) >= 11 is 3.39. The lowest BCUT2D eigenvalue weighted by Crippen LogP contribution is -2.29. The molecule has 0 fully saturated rings. The van der Waals surface area contributed by atoms with Gasteiger partial charge in [-0.1, -0.05) is 28.1 Å². The van der Waals surface area contributed by atoms with E-state index in [1.807, 2.05) is 18.2 Å². The largest absolute Gasteiger partial charge is 0.351 e. The Hall–Kier alpha value is -2.74. The number of para-hydroxylation sites is 2. The molecule has 2 heterocycles. The molecule has 8 heteroatoms. The van der Waals surface area contributed by atoms with Crippen LogP contribution < -0.4 is 5.32 Å². The summed E-state index contributed by atoms with van der Waals surface area (Å²) < 4.78 is 28.9. The van der Waals surface area contributed by atoms with Gasteiger partial charge < -0.3 is 10.3 Å². The summed E-state index contributed by atoms with van der Waals surface area (Å²) in [5, 5.41) is 3.62. The Morgan fingerprint density at radius 1 is 1.22 bits per heavy atom. The molecular formula is C19H15BrF2N4O. The molecule has 5 nitrogen and oxygen atoms in total. The zero-order valence-corrected chi connectivity index (χ0v) is 15.8. The Morgan fingerprint density at radius 2 is 2.00 bits per heavy atom. The van der Waals surface area contributed by atoms with Crippen molar-refractivity contribution in [3.8, 4) is 0 Å². The second kappa shape index (κ2) is 6.77. The number of hydrogen-bond donors (Lipinski definition) is 2. The zero-order valence-electron chi connectivity index (χ0n) is 14.2. The van der Waals surface area contributed by atoms with Crippen molar-refractivity contribution in [1.29, 1.82) is 0 Å². The van der Waals surface area contributed by atoms with Gasteiger partial charge in [0.25, 0.3) is 5.91 Å². The molecule has 0 bridgehead atoms. The number of carbonyl (C=O) groups is 1. The highest BCUT2D eigenvalue weighted by molar-refractivity contribution is 9.10. The number of fused-ring (bicyclic) bond motifs is 2. The van der Waals surface area contributed by atoms with Gasteiger partial charge in [-0.25, -0.2) is 4.98 Å². The van der Waals surface area contributed by atoms with Crippen LogP contribution in [0.2, 0.25) is 0 Å². The van der Waals surface area contributed by atoms with Crippen molar-refractivity contribution in [3.05, 3.63) is 64.5 Å². The number of nitrogens with one attached hydrogen (secondary N) is 2. The number of alkyl halides is 2. The molecule has 4 rings (SSSR count). The second-order valence-electron chi connectivity index (χ2n) is 6.22. The first-order chi connectivity index (χ1) is 12.9. The number of hydrogen-bond acceptors (Lipinski definition) is 2. The van der Waals surface area contributed by atoms with Crippen LogP contribution >= 0.6 is 15.9 Å². The highest BCUT2D eigenvalue weighted by Gasteiger charge is 2.23. The minimum Gasteiger partial charge on any atom is -0.351 e. The molecule has 4 aromatic rings. The van der Waals surface area contributed by atoms with Crippen molar-refractivity contribution < 1.29 is 13.6 Å². The van der Waals surface area contributed by atoms with Crippen molar-refractivity contribution >= 4 is 43.8 Å². The lowest BCUT2D eigenvalue weighted by atomic mass is 10.2. The average Bonchev–Trinajstić information content (AvgIpc) is 3.22. The van der Waals surface area contributed by atoms with Crippen molar-refractivity contribution in [2.75, 3.05) is 0 Å². The van der Waals surface area contributed by atoms with Crippen LogP contribution in [-0.4, -0.2) is 20.4 Å². The summed E-state index contributed by atoms with van der Waals surface area (Å²) in [6.07, 6.45) is 0. The third-order valence-electron chi connectivity index (χ3n) is 4.38. The number of halogens is 3. The van der Waals surface area contributed by atoms with Gasteiger partial charge in [-0.15, -0.1) is 0 Å². The molecule has 0 aliphatic carbocycles. The minimum absolute atomic E-state index is 0.110. The van der Waals surface area contributed by atoms with Crippen molar-refractivity contribution in [2.24, 2.45) is 0 Å². The molecule has 0 unspecified atom stereocenters. The van der Waals surface area contributed by atoms with Crippen LogP contribution in [0.3, 0.4) is 0 Å². The van der Waals surface area contributed by atoms with Gasteiger partial charge in [-0.2, -0.15) is 8.78 Å². The monoisotopic (exact) mass is 432 g/mol. The maximum absolute atomic E-state index is 13.6. The van der Waals surface area contributed by atoms with E-state index in [1.165, 1.54) is 0 Å². The highest BCUT2D eigenvalue weighted by atomic mass is 79.9. The van der Waals surface area contributed by atoms with E-state index in [0.717, 1.165) is 19.9 Å². The van der Waals surface area contributed by atoms with E-state index >= 15 is 0 Å². The number of amides is 1. The molecule has 1 amide bonds. The second-order valence-corrected chi connectivity index (χ2v) is 7.13. The molecule has 0 saturated carbocycles. The number of benzene rings is 2. The van der Waals surface area contributed by atoms with Crippen molar-refractivity contribution in [3.63, 3.8) is 0 Å². The van der Waals surface area contributed by atoms with Crippen LogP contribution in [0.5, 0.6) is 0 Å². The smallest absolute Gasteiger partial charge is 0.320 e. The van der Waals surface area contributed by atoms with Crippen LogP contribution in [0.1, 0.15) is 35.8 Å². The van der Waals surface area contributed by atoms with Crippen LogP contribution in [0.25, 0.3) is 21.9 Å². The fourth-order valence-electron chi connectivity index (χ4n) is 3.14. The molecule has 0 saturated heterocycles. The number of aromatic nitrogens is 3. The Kier molecular flexibility index (Phi) is 4.43. The first kappa shape index (κ1) is 17.7. The highest BCUT2D eigenvalue weighted by Crippen LogP contribution is 2.27. The molecule has 0 radical (unpaired) electrons. The number of rotatable bonds is 4. The molecule has 1 atom stereocenters. The van der Waals surface area contributed by atoms with E-state index in [-0.39, 0.29) is 11.7 Å². The molecule has 0 aliphatic heterocycles. The molecule has 0 spiro atoms. The van der Waals surface area contributed by atoms with Gasteiger partial charge in [0.05, 0.1) is 17.1 Å². The third kappa shape index (κ3) is 3.21. The third-order valence-corrected chi connectivity index (χ3v) is 4.87. The minimum atomic E-state index is -2.75. The summed E-state index contributed by atoms with van der Waals surface area (Å²) in [5.74, 6) is -0.277. The van der Waals surface area contributed by atoms with Gasteiger partial charge >= 0.3 is 6.55 Å². The topological polar surface area (TPSA) is 62.7 Å². The van der Waals surface area contributed by atoms with E-state index in [9.17, 15) is 13.6 Å². The molecular weight excluding hydrogens is 418 g/mol. The summed E-state index contributed by atoms with van der Waals surface area (Å²) in [7, 11) is 0. The van der Waals surface area contributed by atoms with E-state index < -0.39 is 12.6 Å². The Balaban J connectivity index is 1.65. The van der Waals surface area contributed by atoms with Crippen LogP contribution in [0.4, 0.5) is 8.78 Å². The SMILES string of the molecule is C[C@H](NC(=O)c1cc2cc(Br)ccc2[nH]1)c1nc2ccccc2n1C(F)F. The Bertz CT molecular complexity index is 1150. The number of aromatic amines is 1. The van der Waals surface area contributed by atoms with Gasteiger partial charge in [-0.05, 0) is 43.3 Å². The molecule has 138 valence electrons. The molecule has 2 aromatic heterocycles. The molecule has 2 N–H and O–H groups in total. The Morgan fingerprint density at radius 3 is 2.78 bits per heavy atom. The van der Waals surface area contributed by atoms with Crippen LogP contribution in [0, 0.1) is 0 Å². The quantitative estimate of drug-likeness (QED) is 0.467. The molecule has 27 heavy (non-hydrogen) atoms. The van der Waals surface area contributed by atoms with Gasteiger partial charge in [0.15, 0.2) is 0 Å². The first-order valence-corrected chi connectivity index (χ1v) is 9.07. The van der Waals surface area contributed by atoms with Crippen LogP contribution in [0.15, 0.2) is 53.0 Å². The maximum atomic E-state index is 13.6. The van der Waals surface area contributed by atoms with E-state index in [2.05, 4.69) is 31.2 Å². The number of H-pyrrole nitrogens is 1. The summed E-state index contributed by atoms with van der Waals surface area (Å²) in [4.78, 5) is 19.9. The van der Waals surface area contributed by atoms with Crippen molar-refractivity contribution in [2.45, 2.75) is 19.5 Å². The van der Waals surface area contributed by atoms with Gasteiger partial charge in [0, 0.05) is 15.4 Å². The van der Waals surface area contributed by atoms with E-state index in [1.54, 1.807) is 37.3 Å². The lowest BCUT2D eigenvalue weighted by Gasteiger charge is -2.15. The summed E-state index contributed by atoms with van der Waals surface area (Å²) in [6, 6.07) is 13.3. The van der Waals surface area contributed by atoms with Crippen LogP contribution in [-0.2, 0) is 0 Å². The van der Waals surface area contributed by atoms with Gasteiger partial charge in [0.1, 0.15) is 11.5 Å². The lowest BCUT2D eigenvalue weighted by molar-refractivity contribution is 0.0687.